The Morgan fingerprint density at radius 2 is 2.00 bits per heavy atom. The lowest BCUT2D eigenvalue weighted by Gasteiger charge is -2.19. The number of nitrogens with one attached hydrogen (secondary N) is 2. The Labute approximate surface area is 179 Å². The van der Waals surface area contributed by atoms with Gasteiger partial charge in [-0.3, -0.25) is 4.99 Å². The molecule has 8 heteroatoms. The van der Waals surface area contributed by atoms with Crippen LogP contribution in [0.5, 0.6) is 0 Å². The molecular formula is C22H23ClFN5O. The monoisotopic (exact) mass is 427 g/mol. The number of guanidine groups is 1. The molecule has 6 nitrogen and oxygen atoms in total. The molecule has 156 valence electrons. The Balaban J connectivity index is 1.27. The standard InChI is InChI=1S/C22H23ClFN5O/c1-25-21(27-14-22(10-11-22)16-3-2-4-18(24)13-16)26-12-9-19-28-20(29-30-19)15-5-7-17(23)8-6-15/h2-8,13H,9-12,14H2,1H3,(H2,25,26,27). The van der Waals surface area contributed by atoms with E-state index in [1.807, 2.05) is 18.2 Å². The topological polar surface area (TPSA) is 75.3 Å². The molecule has 0 saturated heterocycles. The Kier molecular flexibility index (Phi) is 5.99. The highest BCUT2D eigenvalue weighted by molar-refractivity contribution is 6.30. The van der Waals surface area contributed by atoms with Crippen molar-refractivity contribution in [3.8, 4) is 11.4 Å². The van der Waals surface area contributed by atoms with Crippen LogP contribution >= 0.6 is 11.6 Å². The summed E-state index contributed by atoms with van der Waals surface area (Å²) in [5.41, 5.74) is 1.87. The zero-order valence-corrected chi connectivity index (χ0v) is 17.4. The lowest BCUT2D eigenvalue weighted by atomic mass is 9.96. The lowest BCUT2D eigenvalue weighted by molar-refractivity contribution is 0.378. The molecule has 2 N–H and O–H groups in total. The van der Waals surface area contributed by atoms with Crippen LogP contribution in [0.2, 0.25) is 5.02 Å². The second-order valence-corrected chi connectivity index (χ2v) is 7.85. The average molecular weight is 428 g/mol. The van der Waals surface area contributed by atoms with Crippen LogP contribution in [-0.4, -0.2) is 36.2 Å². The molecule has 1 saturated carbocycles. The van der Waals surface area contributed by atoms with Crippen LogP contribution in [0, 0.1) is 5.82 Å². The van der Waals surface area contributed by atoms with Crippen LogP contribution in [0.15, 0.2) is 58.0 Å². The highest BCUT2D eigenvalue weighted by Crippen LogP contribution is 2.47. The van der Waals surface area contributed by atoms with E-state index in [9.17, 15) is 4.39 Å². The third-order valence-electron chi connectivity index (χ3n) is 5.31. The summed E-state index contributed by atoms with van der Waals surface area (Å²) in [6.45, 7) is 1.30. The highest BCUT2D eigenvalue weighted by Gasteiger charge is 2.44. The van der Waals surface area contributed by atoms with Gasteiger partial charge in [-0.15, -0.1) is 0 Å². The molecule has 30 heavy (non-hydrogen) atoms. The highest BCUT2D eigenvalue weighted by atomic mass is 35.5. The largest absolute Gasteiger partial charge is 0.356 e. The zero-order chi connectivity index (χ0) is 21.0. The van der Waals surface area contributed by atoms with Gasteiger partial charge in [-0.1, -0.05) is 28.9 Å². The molecule has 1 heterocycles. The summed E-state index contributed by atoms with van der Waals surface area (Å²) in [6, 6.07) is 14.1. The van der Waals surface area contributed by atoms with Crippen molar-refractivity contribution in [3.05, 3.63) is 70.8 Å². The normalized spacial score (nSPS) is 15.1. The Bertz CT molecular complexity index is 1030. The number of aromatic nitrogens is 2. The molecule has 0 atom stereocenters. The third kappa shape index (κ3) is 4.79. The van der Waals surface area contributed by atoms with Crippen molar-refractivity contribution < 1.29 is 8.91 Å². The Morgan fingerprint density at radius 1 is 1.20 bits per heavy atom. The molecule has 3 aromatic rings. The maximum absolute atomic E-state index is 13.6. The molecule has 1 aromatic heterocycles. The number of halogens is 2. The van der Waals surface area contributed by atoms with Crippen LogP contribution < -0.4 is 10.6 Å². The molecule has 0 unspecified atom stereocenters. The maximum atomic E-state index is 13.6. The summed E-state index contributed by atoms with van der Waals surface area (Å²) < 4.78 is 18.9. The first-order valence-electron chi connectivity index (χ1n) is 9.87. The van der Waals surface area contributed by atoms with Gasteiger partial charge in [-0.05, 0) is 54.8 Å². The van der Waals surface area contributed by atoms with Crippen molar-refractivity contribution >= 4 is 17.6 Å². The minimum absolute atomic E-state index is 0.0142. The minimum atomic E-state index is -0.196. The summed E-state index contributed by atoms with van der Waals surface area (Å²) in [7, 11) is 1.72. The fourth-order valence-corrected chi connectivity index (χ4v) is 3.50. The van der Waals surface area contributed by atoms with E-state index >= 15 is 0 Å². The van der Waals surface area contributed by atoms with E-state index in [2.05, 4.69) is 25.8 Å². The molecule has 0 radical (unpaired) electrons. The minimum Gasteiger partial charge on any atom is -0.356 e. The van der Waals surface area contributed by atoms with E-state index in [0.717, 1.165) is 24.0 Å². The van der Waals surface area contributed by atoms with Crippen molar-refractivity contribution in [2.45, 2.75) is 24.7 Å². The van der Waals surface area contributed by atoms with Gasteiger partial charge in [0.05, 0.1) is 0 Å². The maximum Gasteiger partial charge on any atom is 0.228 e. The van der Waals surface area contributed by atoms with Crippen LogP contribution in [-0.2, 0) is 11.8 Å². The second kappa shape index (κ2) is 8.83. The summed E-state index contributed by atoms with van der Waals surface area (Å²) in [4.78, 5) is 8.68. The van der Waals surface area contributed by atoms with E-state index in [1.54, 1.807) is 31.3 Å². The SMILES string of the molecule is CN=C(NCCc1nc(-c2ccc(Cl)cc2)no1)NCC1(c2cccc(F)c2)CC1. The second-order valence-electron chi connectivity index (χ2n) is 7.41. The van der Waals surface area contributed by atoms with Gasteiger partial charge in [0.1, 0.15) is 5.82 Å². The predicted octanol–water partition coefficient (Wildman–Crippen LogP) is 3.97. The molecule has 4 rings (SSSR count). The van der Waals surface area contributed by atoms with Crippen LogP contribution in [0.3, 0.4) is 0 Å². The smallest absolute Gasteiger partial charge is 0.228 e. The van der Waals surface area contributed by atoms with Gasteiger partial charge in [0.15, 0.2) is 5.96 Å². The number of aliphatic imine (C=N–C) groups is 1. The summed E-state index contributed by atoms with van der Waals surface area (Å²) in [5, 5.41) is 11.3. The average Bonchev–Trinajstić information content (AvgIpc) is 3.41. The van der Waals surface area contributed by atoms with E-state index in [4.69, 9.17) is 16.1 Å². The molecule has 2 aromatic carbocycles. The molecule has 0 amide bonds. The molecule has 1 aliphatic rings. The predicted molar refractivity (Wildman–Crippen MR) is 115 cm³/mol. The fourth-order valence-electron chi connectivity index (χ4n) is 3.37. The zero-order valence-electron chi connectivity index (χ0n) is 16.7. The van der Waals surface area contributed by atoms with Crippen molar-refractivity contribution in [2.75, 3.05) is 20.1 Å². The van der Waals surface area contributed by atoms with Gasteiger partial charge in [0.25, 0.3) is 0 Å². The molecule has 0 aliphatic heterocycles. The van der Waals surface area contributed by atoms with Crippen molar-refractivity contribution in [1.29, 1.82) is 0 Å². The van der Waals surface area contributed by atoms with Crippen molar-refractivity contribution in [3.63, 3.8) is 0 Å². The molecule has 0 bridgehead atoms. The van der Waals surface area contributed by atoms with Gasteiger partial charge >= 0.3 is 0 Å². The number of benzene rings is 2. The first kappa shape index (κ1) is 20.3. The summed E-state index contributed by atoms with van der Waals surface area (Å²) >= 11 is 5.91. The molecule has 0 spiro atoms. The Hall–Kier alpha value is -2.93. The van der Waals surface area contributed by atoms with Gasteiger partial charge < -0.3 is 15.2 Å². The molecular weight excluding hydrogens is 405 g/mol. The van der Waals surface area contributed by atoms with E-state index in [0.29, 0.717) is 42.2 Å². The molecule has 1 fully saturated rings. The van der Waals surface area contributed by atoms with Crippen LogP contribution in [0.25, 0.3) is 11.4 Å². The number of hydrogen-bond donors (Lipinski definition) is 2. The van der Waals surface area contributed by atoms with Gasteiger partial charge in [0, 0.05) is 42.6 Å². The van der Waals surface area contributed by atoms with E-state index in [1.165, 1.54) is 6.07 Å². The van der Waals surface area contributed by atoms with Gasteiger partial charge in [0.2, 0.25) is 11.7 Å². The summed E-state index contributed by atoms with van der Waals surface area (Å²) in [5.74, 6) is 1.57. The summed E-state index contributed by atoms with van der Waals surface area (Å²) in [6.07, 6.45) is 2.64. The lowest BCUT2D eigenvalue weighted by Crippen LogP contribution is -2.42. The van der Waals surface area contributed by atoms with Crippen LogP contribution in [0.4, 0.5) is 4.39 Å². The van der Waals surface area contributed by atoms with Gasteiger partial charge in [-0.25, -0.2) is 4.39 Å². The van der Waals surface area contributed by atoms with E-state index < -0.39 is 0 Å². The Morgan fingerprint density at radius 3 is 2.70 bits per heavy atom. The van der Waals surface area contributed by atoms with Crippen LogP contribution in [0.1, 0.15) is 24.3 Å². The fraction of sp³-hybridized carbons (Fsp3) is 0.318. The first-order valence-corrected chi connectivity index (χ1v) is 10.2. The quantitative estimate of drug-likeness (QED) is 0.441. The van der Waals surface area contributed by atoms with Crippen molar-refractivity contribution in [2.24, 2.45) is 4.99 Å². The third-order valence-corrected chi connectivity index (χ3v) is 5.56. The first-order chi connectivity index (χ1) is 14.6. The van der Waals surface area contributed by atoms with Gasteiger partial charge in [-0.2, -0.15) is 4.98 Å². The number of nitrogens with zero attached hydrogens (tertiary/aromatic N) is 3. The number of rotatable bonds is 7. The van der Waals surface area contributed by atoms with E-state index in [-0.39, 0.29) is 11.2 Å². The van der Waals surface area contributed by atoms with Crippen molar-refractivity contribution in [1.82, 2.24) is 20.8 Å². The molecule has 1 aliphatic carbocycles. The number of hydrogen-bond acceptors (Lipinski definition) is 4.